The molecule has 66 valence electrons. The van der Waals surface area contributed by atoms with Crippen molar-refractivity contribution in [3.8, 4) is 0 Å². The maximum atomic E-state index is 4.28. The van der Waals surface area contributed by atoms with E-state index in [1.165, 1.54) is 36.0 Å². The number of aryl methyl sites for hydroxylation is 2. The fraction of sp³-hybridized carbons (Fsp3) is 0.400. The molecular weight excluding hydrogens is 162 g/mol. The van der Waals surface area contributed by atoms with E-state index in [2.05, 4.69) is 23.2 Å². The first kappa shape index (κ1) is 7.06. The van der Waals surface area contributed by atoms with Gasteiger partial charge in [0.15, 0.2) is 5.65 Å². The summed E-state index contributed by atoms with van der Waals surface area (Å²) in [4.78, 5) is 4.28. The van der Waals surface area contributed by atoms with E-state index >= 15 is 0 Å². The Labute approximate surface area is 76.4 Å². The smallest absolute Gasteiger partial charge is 0.158 e. The third-order valence-electron chi connectivity index (χ3n) is 2.85. The molecule has 0 amide bonds. The van der Waals surface area contributed by atoms with Crippen LogP contribution >= 0.6 is 0 Å². The third-order valence-corrected chi connectivity index (χ3v) is 2.85. The van der Waals surface area contributed by atoms with Crippen LogP contribution in [0.15, 0.2) is 12.5 Å². The van der Waals surface area contributed by atoms with Crippen molar-refractivity contribution < 1.29 is 0 Å². The van der Waals surface area contributed by atoms with Gasteiger partial charge in [-0.05, 0) is 37.3 Å². The van der Waals surface area contributed by atoms with Gasteiger partial charge in [-0.25, -0.2) is 9.50 Å². The fourth-order valence-corrected chi connectivity index (χ4v) is 2.25. The van der Waals surface area contributed by atoms with Crippen molar-refractivity contribution in [1.82, 2.24) is 14.6 Å². The Morgan fingerprint density at radius 3 is 3.08 bits per heavy atom. The molecule has 0 saturated heterocycles. The highest BCUT2D eigenvalue weighted by Gasteiger charge is 2.17. The van der Waals surface area contributed by atoms with Gasteiger partial charge in [-0.15, -0.1) is 0 Å². The summed E-state index contributed by atoms with van der Waals surface area (Å²) in [5.41, 5.74) is 5.32. The molecule has 0 radical (unpaired) electrons. The molecule has 3 nitrogen and oxygen atoms in total. The van der Waals surface area contributed by atoms with E-state index in [4.69, 9.17) is 0 Å². The summed E-state index contributed by atoms with van der Waals surface area (Å²) in [7, 11) is 0. The minimum Gasteiger partial charge on any atom is -0.221 e. The first-order chi connectivity index (χ1) is 6.36. The first-order valence-corrected chi connectivity index (χ1v) is 4.67. The Hall–Kier alpha value is -1.38. The standard InChI is InChI=1S/C10H11N3/c1-7-5-13-10(11-6-12-13)9-4-2-3-8(7)9/h5-6H,2-4H2,1H3. The predicted octanol–water partition coefficient (Wildman–Crippen LogP) is 1.53. The lowest BCUT2D eigenvalue weighted by atomic mass is 10.1. The van der Waals surface area contributed by atoms with Crippen LogP contribution in [0.4, 0.5) is 0 Å². The third kappa shape index (κ3) is 0.842. The van der Waals surface area contributed by atoms with Crippen LogP contribution in [0.25, 0.3) is 5.65 Å². The monoisotopic (exact) mass is 173 g/mol. The lowest BCUT2D eigenvalue weighted by molar-refractivity contribution is 0.910. The first-order valence-electron chi connectivity index (χ1n) is 4.67. The summed E-state index contributed by atoms with van der Waals surface area (Å²) in [6.45, 7) is 2.16. The number of rotatable bonds is 0. The van der Waals surface area contributed by atoms with Crippen LogP contribution in [0.3, 0.4) is 0 Å². The van der Waals surface area contributed by atoms with E-state index in [0.29, 0.717) is 0 Å². The maximum Gasteiger partial charge on any atom is 0.158 e. The van der Waals surface area contributed by atoms with Gasteiger partial charge in [0, 0.05) is 11.8 Å². The van der Waals surface area contributed by atoms with Crippen LogP contribution in [0.5, 0.6) is 0 Å². The predicted molar refractivity (Wildman–Crippen MR) is 49.7 cm³/mol. The van der Waals surface area contributed by atoms with E-state index in [-0.39, 0.29) is 0 Å². The molecule has 3 rings (SSSR count). The van der Waals surface area contributed by atoms with Gasteiger partial charge in [0.1, 0.15) is 6.33 Å². The van der Waals surface area contributed by atoms with Crippen LogP contribution in [-0.2, 0) is 12.8 Å². The minimum atomic E-state index is 1.05. The van der Waals surface area contributed by atoms with Gasteiger partial charge >= 0.3 is 0 Å². The molecule has 2 aromatic heterocycles. The van der Waals surface area contributed by atoms with Crippen LogP contribution in [0, 0.1) is 6.92 Å². The van der Waals surface area contributed by atoms with Gasteiger partial charge in [0.25, 0.3) is 0 Å². The van der Waals surface area contributed by atoms with Crippen LogP contribution in [0.2, 0.25) is 0 Å². The molecule has 0 fully saturated rings. The molecule has 13 heavy (non-hydrogen) atoms. The molecule has 0 aromatic carbocycles. The van der Waals surface area contributed by atoms with Crippen LogP contribution in [-0.4, -0.2) is 14.6 Å². The number of hydrogen-bond acceptors (Lipinski definition) is 2. The number of nitrogens with zero attached hydrogens (tertiary/aromatic N) is 3. The maximum absolute atomic E-state index is 4.28. The highest BCUT2D eigenvalue weighted by atomic mass is 15.3. The summed E-state index contributed by atoms with van der Waals surface area (Å²) >= 11 is 0. The second kappa shape index (κ2) is 2.31. The van der Waals surface area contributed by atoms with Crippen molar-refractivity contribution in [1.29, 1.82) is 0 Å². The molecule has 0 bridgehead atoms. The molecular formula is C10H11N3. The lowest BCUT2D eigenvalue weighted by Gasteiger charge is -2.04. The Bertz CT molecular complexity index is 470. The van der Waals surface area contributed by atoms with Crippen molar-refractivity contribution >= 4 is 5.65 Å². The molecule has 0 saturated carbocycles. The number of pyridine rings is 1. The summed E-state index contributed by atoms with van der Waals surface area (Å²) in [5.74, 6) is 0. The van der Waals surface area contributed by atoms with Gasteiger partial charge in [0.2, 0.25) is 0 Å². The highest BCUT2D eigenvalue weighted by molar-refractivity contribution is 5.55. The number of hydrogen-bond donors (Lipinski definition) is 0. The van der Waals surface area contributed by atoms with Crippen LogP contribution in [0.1, 0.15) is 23.1 Å². The van der Waals surface area contributed by atoms with Gasteiger partial charge in [0.05, 0.1) is 0 Å². The lowest BCUT2D eigenvalue weighted by Crippen LogP contribution is -1.96. The van der Waals surface area contributed by atoms with Gasteiger partial charge < -0.3 is 0 Å². The average Bonchev–Trinajstić information content (AvgIpc) is 2.66. The quantitative estimate of drug-likeness (QED) is 0.604. The molecule has 0 unspecified atom stereocenters. The second-order valence-corrected chi connectivity index (χ2v) is 3.65. The zero-order chi connectivity index (χ0) is 8.84. The Morgan fingerprint density at radius 2 is 2.15 bits per heavy atom. The number of fused-ring (bicyclic) bond motifs is 3. The molecule has 0 spiro atoms. The van der Waals surface area contributed by atoms with Crippen molar-refractivity contribution in [3.05, 3.63) is 29.2 Å². The van der Waals surface area contributed by atoms with E-state index < -0.39 is 0 Å². The van der Waals surface area contributed by atoms with E-state index in [0.717, 1.165) is 5.65 Å². The molecule has 2 heterocycles. The van der Waals surface area contributed by atoms with E-state index in [1.54, 1.807) is 6.33 Å². The Kier molecular flexibility index (Phi) is 1.26. The molecule has 1 aliphatic rings. The van der Waals surface area contributed by atoms with Gasteiger partial charge in [-0.2, -0.15) is 5.10 Å². The summed E-state index contributed by atoms with van der Waals surface area (Å²) in [5, 5.41) is 4.16. The molecule has 3 heteroatoms. The van der Waals surface area contributed by atoms with Gasteiger partial charge in [-0.3, -0.25) is 0 Å². The summed E-state index contributed by atoms with van der Waals surface area (Å²) in [6.07, 6.45) is 7.35. The van der Waals surface area contributed by atoms with Crippen molar-refractivity contribution in [2.75, 3.05) is 0 Å². The molecule has 0 atom stereocenters. The van der Waals surface area contributed by atoms with Crippen LogP contribution < -0.4 is 0 Å². The topological polar surface area (TPSA) is 30.2 Å². The Balaban J connectivity index is 2.48. The molecule has 0 N–H and O–H groups in total. The van der Waals surface area contributed by atoms with Crippen molar-refractivity contribution in [3.63, 3.8) is 0 Å². The zero-order valence-electron chi connectivity index (χ0n) is 7.62. The van der Waals surface area contributed by atoms with E-state index in [1.807, 2.05) is 4.52 Å². The SMILES string of the molecule is Cc1cn2ncnc2c2c1CCC2. The van der Waals surface area contributed by atoms with Crippen molar-refractivity contribution in [2.24, 2.45) is 0 Å². The number of aromatic nitrogens is 3. The molecule has 2 aromatic rings. The summed E-state index contributed by atoms with van der Waals surface area (Å²) in [6, 6.07) is 0. The second-order valence-electron chi connectivity index (χ2n) is 3.65. The summed E-state index contributed by atoms with van der Waals surface area (Å²) < 4.78 is 1.89. The minimum absolute atomic E-state index is 1.05. The van der Waals surface area contributed by atoms with Crippen molar-refractivity contribution in [2.45, 2.75) is 26.2 Å². The zero-order valence-corrected chi connectivity index (χ0v) is 7.62. The molecule has 0 aliphatic heterocycles. The normalized spacial score (nSPS) is 15.2. The highest BCUT2D eigenvalue weighted by Crippen LogP contribution is 2.27. The Morgan fingerprint density at radius 1 is 1.31 bits per heavy atom. The van der Waals surface area contributed by atoms with E-state index in [9.17, 15) is 0 Å². The fourth-order valence-electron chi connectivity index (χ4n) is 2.25. The van der Waals surface area contributed by atoms with Gasteiger partial charge in [-0.1, -0.05) is 0 Å². The average molecular weight is 173 g/mol. The molecule has 1 aliphatic carbocycles. The largest absolute Gasteiger partial charge is 0.221 e.